The van der Waals surface area contributed by atoms with Gasteiger partial charge in [0.1, 0.15) is 0 Å². The summed E-state index contributed by atoms with van der Waals surface area (Å²) in [4.78, 5) is 11.1. The third-order valence-corrected chi connectivity index (χ3v) is 5.52. The summed E-state index contributed by atoms with van der Waals surface area (Å²) in [5.74, 6) is -0.186. The first-order valence-corrected chi connectivity index (χ1v) is 9.41. The van der Waals surface area contributed by atoms with Crippen molar-refractivity contribution in [3.8, 4) is 0 Å². The van der Waals surface area contributed by atoms with Gasteiger partial charge in [0.05, 0.1) is 4.90 Å². The standard InChI is InChI=1S/C14H19BrN2O3S/c1-11(18)17-12-2-4-13(5-3-12)21(19,20)16-10-14(6-7-14)8-9-15/h2-5,16H,6-10H2,1H3,(H,17,18). The van der Waals surface area contributed by atoms with Crippen LogP contribution < -0.4 is 10.0 Å². The van der Waals surface area contributed by atoms with Gasteiger partial charge in [-0.25, -0.2) is 13.1 Å². The van der Waals surface area contributed by atoms with Gasteiger partial charge >= 0.3 is 0 Å². The summed E-state index contributed by atoms with van der Waals surface area (Å²) in [5.41, 5.74) is 0.714. The lowest BCUT2D eigenvalue weighted by Crippen LogP contribution is -2.30. The van der Waals surface area contributed by atoms with E-state index in [4.69, 9.17) is 0 Å². The zero-order valence-electron chi connectivity index (χ0n) is 11.9. The quantitative estimate of drug-likeness (QED) is 0.719. The summed E-state index contributed by atoms with van der Waals surface area (Å²) in [6.07, 6.45) is 3.13. The van der Waals surface area contributed by atoms with E-state index in [9.17, 15) is 13.2 Å². The van der Waals surface area contributed by atoms with E-state index < -0.39 is 10.0 Å². The number of amides is 1. The van der Waals surface area contributed by atoms with Crippen LogP contribution in [0.15, 0.2) is 29.2 Å². The summed E-state index contributed by atoms with van der Waals surface area (Å²) < 4.78 is 27.2. The monoisotopic (exact) mass is 374 g/mol. The number of halogens is 1. The molecule has 1 aromatic carbocycles. The van der Waals surface area contributed by atoms with Gasteiger partial charge in [-0.2, -0.15) is 0 Å². The second-order valence-electron chi connectivity index (χ2n) is 5.47. The van der Waals surface area contributed by atoms with Crippen LogP contribution in [0.4, 0.5) is 5.69 Å². The Kier molecular flexibility index (Phi) is 5.06. The van der Waals surface area contributed by atoms with Gasteiger partial charge in [-0.15, -0.1) is 0 Å². The Morgan fingerprint density at radius 1 is 1.29 bits per heavy atom. The Labute approximate surface area is 133 Å². The van der Waals surface area contributed by atoms with Crippen molar-refractivity contribution < 1.29 is 13.2 Å². The number of nitrogens with one attached hydrogen (secondary N) is 2. The maximum atomic E-state index is 12.2. The van der Waals surface area contributed by atoms with Gasteiger partial charge in [0.2, 0.25) is 15.9 Å². The van der Waals surface area contributed by atoms with Gasteiger partial charge in [0.15, 0.2) is 0 Å². The number of alkyl halides is 1. The highest BCUT2D eigenvalue weighted by atomic mass is 79.9. The lowest BCUT2D eigenvalue weighted by atomic mass is 10.1. The molecule has 1 fully saturated rings. The average Bonchev–Trinajstić information content (AvgIpc) is 3.17. The summed E-state index contributed by atoms with van der Waals surface area (Å²) >= 11 is 3.41. The molecule has 0 spiro atoms. The molecule has 5 nitrogen and oxygen atoms in total. The molecule has 21 heavy (non-hydrogen) atoms. The molecule has 0 atom stereocenters. The van der Waals surface area contributed by atoms with Crippen LogP contribution in [-0.4, -0.2) is 26.2 Å². The molecule has 0 saturated heterocycles. The molecule has 0 radical (unpaired) electrons. The number of sulfonamides is 1. The number of benzene rings is 1. The van der Waals surface area contributed by atoms with Crippen molar-refractivity contribution >= 4 is 37.5 Å². The van der Waals surface area contributed by atoms with Crippen molar-refractivity contribution in [2.45, 2.75) is 31.1 Å². The molecule has 2 N–H and O–H groups in total. The topological polar surface area (TPSA) is 75.3 Å². The predicted octanol–water partition coefficient (Wildman–Crippen LogP) is 2.49. The molecule has 2 rings (SSSR count). The molecule has 0 heterocycles. The summed E-state index contributed by atoms with van der Waals surface area (Å²) in [7, 11) is -3.50. The smallest absolute Gasteiger partial charge is 0.240 e. The SMILES string of the molecule is CC(=O)Nc1ccc(S(=O)(=O)NCC2(CCBr)CC2)cc1. The van der Waals surface area contributed by atoms with Crippen LogP contribution in [0.2, 0.25) is 0 Å². The first kappa shape index (κ1) is 16.5. The Bertz CT molecular complexity index is 610. The first-order valence-electron chi connectivity index (χ1n) is 6.80. The van der Waals surface area contributed by atoms with Crippen LogP contribution >= 0.6 is 15.9 Å². The Morgan fingerprint density at radius 3 is 2.38 bits per heavy atom. The second-order valence-corrected chi connectivity index (χ2v) is 8.03. The molecule has 0 bridgehead atoms. The van der Waals surface area contributed by atoms with Crippen LogP contribution in [0.1, 0.15) is 26.2 Å². The molecule has 1 saturated carbocycles. The van der Waals surface area contributed by atoms with E-state index in [1.165, 1.54) is 19.1 Å². The molecule has 0 aliphatic heterocycles. The minimum absolute atomic E-state index is 0.132. The fourth-order valence-electron chi connectivity index (χ4n) is 2.14. The zero-order chi connectivity index (χ0) is 15.5. The van der Waals surface area contributed by atoms with Gasteiger partial charge in [-0.3, -0.25) is 4.79 Å². The summed E-state index contributed by atoms with van der Waals surface area (Å²) in [6.45, 7) is 1.89. The van der Waals surface area contributed by atoms with Crippen molar-refractivity contribution in [1.29, 1.82) is 0 Å². The van der Waals surface area contributed by atoms with Gasteiger partial charge in [0.25, 0.3) is 0 Å². The predicted molar refractivity (Wildman–Crippen MR) is 86.0 cm³/mol. The van der Waals surface area contributed by atoms with E-state index in [2.05, 4.69) is 26.0 Å². The maximum Gasteiger partial charge on any atom is 0.240 e. The maximum absolute atomic E-state index is 12.2. The third-order valence-electron chi connectivity index (χ3n) is 3.70. The zero-order valence-corrected chi connectivity index (χ0v) is 14.3. The molecule has 1 aliphatic carbocycles. The fourth-order valence-corrected chi connectivity index (χ4v) is 4.14. The van der Waals surface area contributed by atoms with Crippen molar-refractivity contribution in [2.24, 2.45) is 5.41 Å². The van der Waals surface area contributed by atoms with Crippen LogP contribution in [0.5, 0.6) is 0 Å². The molecular weight excluding hydrogens is 356 g/mol. The molecule has 1 aromatic rings. The van der Waals surface area contributed by atoms with E-state index >= 15 is 0 Å². The van der Waals surface area contributed by atoms with E-state index in [1.807, 2.05) is 0 Å². The number of carbonyl (C=O) groups excluding carboxylic acids is 1. The first-order chi connectivity index (χ1) is 9.87. The Balaban J connectivity index is 2.00. The number of anilines is 1. The van der Waals surface area contributed by atoms with Crippen molar-refractivity contribution in [2.75, 3.05) is 17.2 Å². The van der Waals surface area contributed by atoms with E-state index in [0.717, 1.165) is 24.6 Å². The Morgan fingerprint density at radius 2 is 1.90 bits per heavy atom. The second kappa shape index (κ2) is 6.46. The van der Waals surface area contributed by atoms with Crippen molar-refractivity contribution in [3.63, 3.8) is 0 Å². The van der Waals surface area contributed by atoms with E-state index in [0.29, 0.717) is 12.2 Å². The normalized spacial score (nSPS) is 16.5. The number of hydrogen-bond donors (Lipinski definition) is 2. The molecule has 7 heteroatoms. The molecule has 0 aromatic heterocycles. The lowest BCUT2D eigenvalue weighted by Gasteiger charge is -2.15. The van der Waals surface area contributed by atoms with Crippen LogP contribution in [0.3, 0.4) is 0 Å². The van der Waals surface area contributed by atoms with Crippen molar-refractivity contribution in [3.05, 3.63) is 24.3 Å². The summed E-state index contributed by atoms with van der Waals surface area (Å²) in [5, 5.41) is 3.50. The largest absolute Gasteiger partial charge is 0.326 e. The highest BCUT2D eigenvalue weighted by Crippen LogP contribution is 2.48. The highest BCUT2D eigenvalue weighted by Gasteiger charge is 2.42. The Hall–Kier alpha value is -0.920. The van der Waals surface area contributed by atoms with Crippen LogP contribution in [0, 0.1) is 5.41 Å². The fraction of sp³-hybridized carbons (Fsp3) is 0.500. The average molecular weight is 375 g/mol. The van der Waals surface area contributed by atoms with Crippen LogP contribution in [0.25, 0.3) is 0 Å². The minimum Gasteiger partial charge on any atom is -0.326 e. The number of rotatable bonds is 7. The lowest BCUT2D eigenvalue weighted by molar-refractivity contribution is -0.114. The molecule has 0 unspecified atom stereocenters. The summed E-state index contributed by atoms with van der Waals surface area (Å²) in [6, 6.07) is 6.16. The molecule has 1 aliphatic rings. The third kappa shape index (κ3) is 4.52. The number of hydrogen-bond acceptors (Lipinski definition) is 3. The van der Waals surface area contributed by atoms with Gasteiger partial charge in [-0.1, -0.05) is 15.9 Å². The van der Waals surface area contributed by atoms with Gasteiger partial charge in [-0.05, 0) is 48.9 Å². The van der Waals surface area contributed by atoms with E-state index in [-0.39, 0.29) is 16.2 Å². The number of carbonyl (C=O) groups is 1. The van der Waals surface area contributed by atoms with Crippen LogP contribution in [-0.2, 0) is 14.8 Å². The molecule has 1 amide bonds. The highest BCUT2D eigenvalue weighted by molar-refractivity contribution is 9.09. The molecular formula is C14H19BrN2O3S. The van der Waals surface area contributed by atoms with E-state index in [1.54, 1.807) is 12.1 Å². The molecule has 116 valence electrons. The van der Waals surface area contributed by atoms with Crippen molar-refractivity contribution in [1.82, 2.24) is 4.72 Å². The minimum atomic E-state index is -3.50. The van der Waals surface area contributed by atoms with Gasteiger partial charge < -0.3 is 5.32 Å². The van der Waals surface area contributed by atoms with Gasteiger partial charge in [0, 0.05) is 24.5 Å².